The minimum absolute atomic E-state index is 0.636. The summed E-state index contributed by atoms with van der Waals surface area (Å²) in [6.45, 7) is 3.73. The van der Waals surface area contributed by atoms with E-state index in [1.54, 1.807) is 60.7 Å². The molecule has 204 valence electrons. The van der Waals surface area contributed by atoms with Crippen molar-refractivity contribution in [1.82, 2.24) is 30.8 Å². The summed E-state index contributed by atoms with van der Waals surface area (Å²) in [6.07, 6.45) is 9.87. The van der Waals surface area contributed by atoms with Crippen molar-refractivity contribution >= 4 is 68.0 Å². The predicted molar refractivity (Wildman–Crippen MR) is 175 cm³/mol. The number of thiocarbonyl (C=S) groups is 2. The normalized spacial score (nSPS) is 11.2. The van der Waals surface area contributed by atoms with E-state index in [-0.39, 0.29) is 0 Å². The first-order valence-corrected chi connectivity index (χ1v) is 14.8. The average Bonchev–Trinajstić information content (AvgIpc) is 3.02. The highest BCUT2D eigenvalue weighted by molar-refractivity contribution is 8.22. The van der Waals surface area contributed by atoms with Crippen LogP contribution in [0.1, 0.15) is 36.4 Å². The molecule has 2 heterocycles. The van der Waals surface area contributed by atoms with Crippen LogP contribution < -0.4 is 10.9 Å². The van der Waals surface area contributed by atoms with E-state index in [9.17, 15) is 0 Å². The molecular formula is C28H28N8S4. The van der Waals surface area contributed by atoms with Crippen LogP contribution in [-0.2, 0) is 11.5 Å². The minimum Gasteiger partial charge on any atom is -0.262 e. The van der Waals surface area contributed by atoms with Crippen molar-refractivity contribution in [3.8, 4) is 0 Å². The fraction of sp³-hybridized carbons (Fsp3) is 0.143. The van der Waals surface area contributed by atoms with Gasteiger partial charge in [-0.25, -0.2) is 0 Å². The number of hydrazone groups is 2. The highest BCUT2D eigenvalue weighted by atomic mass is 32.2. The maximum atomic E-state index is 5.23. The van der Waals surface area contributed by atoms with Gasteiger partial charge in [-0.2, -0.15) is 10.2 Å². The third kappa shape index (κ3) is 12.1. The number of nitrogens with zero attached hydrogens (tertiary/aromatic N) is 6. The fourth-order valence-corrected chi connectivity index (χ4v) is 4.50. The van der Waals surface area contributed by atoms with Gasteiger partial charge in [0.2, 0.25) is 0 Å². The lowest BCUT2D eigenvalue weighted by Gasteiger charge is -2.04. The SMILES string of the molecule is C/C(=N\NC(=S)SCc1ccccc1)c1cnccn1.C/C(=N\NC(=S)SCc1ccccc1)c1cnccn1. The molecule has 8 nitrogen and oxygen atoms in total. The Labute approximate surface area is 253 Å². The molecule has 0 amide bonds. The summed E-state index contributed by atoms with van der Waals surface area (Å²) >= 11 is 13.5. The highest BCUT2D eigenvalue weighted by Crippen LogP contribution is 2.13. The van der Waals surface area contributed by atoms with Crippen LogP contribution in [0.3, 0.4) is 0 Å². The molecule has 0 bridgehead atoms. The zero-order valence-electron chi connectivity index (χ0n) is 22.0. The summed E-state index contributed by atoms with van der Waals surface area (Å²) in [7, 11) is 0. The number of hydrogen-bond donors (Lipinski definition) is 2. The summed E-state index contributed by atoms with van der Waals surface area (Å²) < 4.78 is 1.27. The third-order valence-corrected chi connectivity index (χ3v) is 7.48. The molecule has 0 aliphatic carbocycles. The topological polar surface area (TPSA) is 100 Å². The van der Waals surface area contributed by atoms with Crippen molar-refractivity contribution in [2.75, 3.05) is 0 Å². The molecule has 0 fully saturated rings. The number of hydrogen-bond acceptors (Lipinski definition) is 10. The molecule has 0 saturated heterocycles. The Kier molecular flexibility index (Phi) is 13.9. The molecule has 0 unspecified atom stereocenters. The molecular weight excluding hydrogens is 577 g/mol. The van der Waals surface area contributed by atoms with E-state index in [0.29, 0.717) is 8.64 Å². The van der Waals surface area contributed by atoms with Gasteiger partial charge >= 0.3 is 0 Å². The second-order valence-electron chi connectivity index (χ2n) is 7.92. The zero-order chi connectivity index (χ0) is 28.4. The van der Waals surface area contributed by atoms with E-state index in [2.05, 4.69) is 65.3 Å². The van der Waals surface area contributed by atoms with Crippen molar-refractivity contribution < 1.29 is 0 Å². The van der Waals surface area contributed by atoms with E-state index in [1.807, 2.05) is 50.2 Å². The first-order valence-electron chi connectivity index (χ1n) is 12.1. The number of nitrogens with one attached hydrogen (secondary N) is 2. The summed E-state index contributed by atoms with van der Waals surface area (Å²) in [6, 6.07) is 20.4. The Morgan fingerprint density at radius 3 is 1.40 bits per heavy atom. The maximum Gasteiger partial charge on any atom is 0.154 e. The Bertz CT molecular complexity index is 1280. The van der Waals surface area contributed by atoms with Crippen LogP contribution in [0.2, 0.25) is 0 Å². The van der Waals surface area contributed by atoms with Gasteiger partial charge in [0.05, 0.1) is 23.8 Å². The number of benzene rings is 2. The van der Waals surface area contributed by atoms with Gasteiger partial charge in [0.15, 0.2) is 8.64 Å². The molecule has 0 atom stereocenters. The third-order valence-electron chi connectivity index (χ3n) is 4.92. The van der Waals surface area contributed by atoms with E-state index >= 15 is 0 Å². The summed E-state index contributed by atoms with van der Waals surface area (Å²) in [5.41, 5.74) is 11.2. The molecule has 12 heteroatoms. The van der Waals surface area contributed by atoms with Gasteiger partial charge in [-0.05, 0) is 25.0 Å². The molecule has 0 aliphatic rings. The van der Waals surface area contributed by atoms with E-state index < -0.39 is 0 Å². The molecule has 0 aliphatic heterocycles. The molecule has 0 spiro atoms. The van der Waals surface area contributed by atoms with E-state index in [4.69, 9.17) is 24.4 Å². The van der Waals surface area contributed by atoms with Crippen LogP contribution in [0.15, 0.2) is 108 Å². The Hall–Kier alpha value is -3.58. The smallest absolute Gasteiger partial charge is 0.154 e. The lowest BCUT2D eigenvalue weighted by Crippen LogP contribution is -2.14. The fourth-order valence-electron chi connectivity index (χ4n) is 2.86. The number of rotatable bonds is 8. The largest absolute Gasteiger partial charge is 0.262 e. The Morgan fingerprint density at radius 1 is 0.650 bits per heavy atom. The van der Waals surface area contributed by atoms with Crippen molar-refractivity contribution in [3.05, 3.63) is 120 Å². The lowest BCUT2D eigenvalue weighted by molar-refractivity contribution is 1.05. The molecule has 4 aromatic rings. The van der Waals surface area contributed by atoms with Crippen molar-refractivity contribution in [3.63, 3.8) is 0 Å². The van der Waals surface area contributed by atoms with Crippen LogP contribution in [0.4, 0.5) is 0 Å². The molecule has 40 heavy (non-hydrogen) atoms. The summed E-state index contributed by atoms with van der Waals surface area (Å²) in [5.74, 6) is 1.65. The standard InChI is InChI=1S/2C14H14N4S2/c2*1-11(13-9-15-7-8-16-13)17-18-14(19)20-10-12-5-3-2-4-6-12/h2*2-9H,10H2,1H3,(H,18,19)/b2*17-11+. The second-order valence-corrected chi connectivity index (χ2v) is 11.2. The van der Waals surface area contributed by atoms with Crippen LogP contribution in [0, 0.1) is 0 Å². The van der Waals surface area contributed by atoms with Crippen molar-refractivity contribution in [1.29, 1.82) is 0 Å². The van der Waals surface area contributed by atoms with Gasteiger partial charge in [0.1, 0.15) is 11.4 Å². The van der Waals surface area contributed by atoms with Crippen LogP contribution >= 0.6 is 48.0 Å². The molecule has 4 rings (SSSR count). The van der Waals surface area contributed by atoms with Crippen LogP contribution in [-0.4, -0.2) is 40.0 Å². The summed E-state index contributed by atoms with van der Waals surface area (Å²) in [5, 5.41) is 8.42. The first-order chi connectivity index (χ1) is 19.5. The van der Waals surface area contributed by atoms with E-state index in [1.165, 1.54) is 11.1 Å². The van der Waals surface area contributed by atoms with Gasteiger partial charge in [-0.1, -0.05) is 109 Å². The Morgan fingerprint density at radius 2 is 1.05 bits per heavy atom. The van der Waals surface area contributed by atoms with Crippen LogP contribution in [0.25, 0.3) is 0 Å². The van der Waals surface area contributed by atoms with Gasteiger partial charge in [-0.3, -0.25) is 30.8 Å². The Balaban J connectivity index is 0.000000220. The van der Waals surface area contributed by atoms with Gasteiger partial charge in [-0.15, -0.1) is 0 Å². The number of thioether (sulfide) groups is 2. The van der Waals surface area contributed by atoms with Crippen molar-refractivity contribution in [2.24, 2.45) is 10.2 Å². The van der Waals surface area contributed by atoms with Crippen molar-refractivity contribution in [2.45, 2.75) is 25.4 Å². The average molecular weight is 605 g/mol. The highest BCUT2D eigenvalue weighted by Gasteiger charge is 2.02. The molecule has 0 radical (unpaired) electrons. The number of aromatic nitrogens is 4. The van der Waals surface area contributed by atoms with Gasteiger partial charge in [0, 0.05) is 36.3 Å². The zero-order valence-corrected chi connectivity index (χ0v) is 25.2. The second kappa shape index (κ2) is 17.9. The van der Waals surface area contributed by atoms with E-state index in [0.717, 1.165) is 34.3 Å². The molecule has 2 aromatic heterocycles. The lowest BCUT2D eigenvalue weighted by atomic mass is 10.2. The van der Waals surface area contributed by atoms with Crippen LogP contribution in [0.5, 0.6) is 0 Å². The van der Waals surface area contributed by atoms with Gasteiger partial charge < -0.3 is 0 Å². The molecule has 0 saturated carbocycles. The molecule has 2 aromatic carbocycles. The maximum absolute atomic E-state index is 5.23. The molecule has 2 N–H and O–H groups in total. The minimum atomic E-state index is 0.636. The summed E-state index contributed by atoms with van der Waals surface area (Å²) in [4.78, 5) is 16.3. The first kappa shape index (κ1) is 31.0. The van der Waals surface area contributed by atoms with Gasteiger partial charge in [0.25, 0.3) is 0 Å². The monoisotopic (exact) mass is 604 g/mol. The predicted octanol–water partition coefficient (Wildman–Crippen LogP) is 6.02. The quantitative estimate of drug-likeness (QED) is 0.141.